The average molecular weight is 425 g/mol. The summed E-state index contributed by atoms with van der Waals surface area (Å²) in [6.45, 7) is 5.09. The molecule has 1 fully saturated rings. The van der Waals surface area contributed by atoms with Crippen LogP contribution < -0.4 is 0 Å². The molecule has 0 aliphatic carbocycles. The van der Waals surface area contributed by atoms with Crippen molar-refractivity contribution in [3.8, 4) is 5.69 Å². The summed E-state index contributed by atoms with van der Waals surface area (Å²) in [5, 5.41) is 4.27. The van der Waals surface area contributed by atoms with E-state index >= 15 is 0 Å². The van der Waals surface area contributed by atoms with E-state index in [0.717, 1.165) is 16.8 Å². The van der Waals surface area contributed by atoms with Gasteiger partial charge in [0, 0.05) is 32.4 Å². The molecule has 0 bridgehead atoms. The predicted octanol–water partition coefficient (Wildman–Crippen LogP) is 2.64. The van der Waals surface area contributed by atoms with Gasteiger partial charge in [-0.05, 0) is 49.2 Å². The van der Waals surface area contributed by atoms with Gasteiger partial charge in [0.1, 0.15) is 0 Å². The number of para-hydroxylation sites is 1. The number of aryl methyl sites for hydroxylation is 2. The Bertz CT molecular complexity index is 1160. The molecule has 2 heterocycles. The van der Waals surface area contributed by atoms with Crippen molar-refractivity contribution in [2.75, 3.05) is 26.2 Å². The minimum Gasteiger partial charge on any atom is -0.336 e. The van der Waals surface area contributed by atoms with Crippen LogP contribution >= 0.6 is 0 Å². The van der Waals surface area contributed by atoms with E-state index < -0.39 is 10.0 Å². The summed E-state index contributed by atoms with van der Waals surface area (Å²) in [4.78, 5) is 14.8. The van der Waals surface area contributed by atoms with Gasteiger partial charge in [-0.15, -0.1) is 0 Å². The second-order valence-corrected chi connectivity index (χ2v) is 9.39. The number of rotatable bonds is 4. The molecule has 0 N–H and O–H groups in total. The predicted molar refractivity (Wildman–Crippen MR) is 114 cm³/mol. The van der Waals surface area contributed by atoms with Crippen LogP contribution in [0.5, 0.6) is 0 Å². The van der Waals surface area contributed by atoms with Gasteiger partial charge in [0.25, 0.3) is 5.91 Å². The van der Waals surface area contributed by atoms with Gasteiger partial charge in [-0.3, -0.25) is 4.79 Å². The van der Waals surface area contributed by atoms with E-state index in [2.05, 4.69) is 5.10 Å². The lowest BCUT2D eigenvalue weighted by Gasteiger charge is -2.33. The van der Waals surface area contributed by atoms with Crippen molar-refractivity contribution in [1.82, 2.24) is 19.0 Å². The summed E-state index contributed by atoms with van der Waals surface area (Å²) in [7, 11) is -3.57. The van der Waals surface area contributed by atoms with Crippen molar-refractivity contribution < 1.29 is 13.2 Å². The van der Waals surface area contributed by atoms with Crippen LogP contribution in [-0.4, -0.2) is 59.5 Å². The topological polar surface area (TPSA) is 75.5 Å². The maximum Gasteiger partial charge on any atom is 0.257 e. The van der Waals surface area contributed by atoms with E-state index in [4.69, 9.17) is 0 Å². The number of carbonyl (C=O) groups is 1. The number of benzene rings is 2. The van der Waals surface area contributed by atoms with Crippen molar-refractivity contribution in [3.63, 3.8) is 0 Å². The van der Waals surface area contributed by atoms with Gasteiger partial charge in [-0.25, -0.2) is 13.1 Å². The van der Waals surface area contributed by atoms with Crippen molar-refractivity contribution in [2.45, 2.75) is 18.7 Å². The lowest BCUT2D eigenvalue weighted by molar-refractivity contribution is 0.0698. The van der Waals surface area contributed by atoms with Crippen LogP contribution in [0.1, 0.15) is 21.5 Å². The van der Waals surface area contributed by atoms with E-state index in [1.54, 1.807) is 34.1 Å². The quantitative estimate of drug-likeness (QED) is 0.645. The molecule has 0 atom stereocenters. The first kappa shape index (κ1) is 20.3. The monoisotopic (exact) mass is 424 g/mol. The Balaban J connectivity index is 1.43. The Morgan fingerprint density at radius 2 is 1.63 bits per heavy atom. The average Bonchev–Trinajstić information content (AvgIpc) is 3.26. The molecule has 1 aliphatic heterocycles. The first-order valence-corrected chi connectivity index (χ1v) is 11.3. The van der Waals surface area contributed by atoms with E-state index in [9.17, 15) is 13.2 Å². The van der Waals surface area contributed by atoms with Crippen molar-refractivity contribution >= 4 is 15.9 Å². The second kappa shape index (κ2) is 8.04. The highest BCUT2D eigenvalue weighted by Gasteiger charge is 2.31. The van der Waals surface area contributed by atoms with Crippen LogP contribution in [0.25, 0.3) is 5.69 Å². The highest BCUT2D eigenvalue weighted by Crippen LogP contribution is 2.21. The zero-order valence-electron chi connectivity index (χ0n) is 17.0. The van der Waals surface area contributed by atoms with Gasteiger partial charge in [-0.1, -0.05) is 24.3 Å². The Morgan fingerprint density at radius 3 is 2.30 bits per heavy atom. The minimum absolute atomic E-state index is 0.139. The second-order valence-electron chi connectivity index (χ2n) is 7.45. The molecule has 0 spiro atoms. The van der Waals surface area contributed by atoms with Crippen LogP contribution in [0.2, 0.25) is 0 Å². The maximum atomic E-state index is 13.0. The molecule has 0 saturated carbocycles. The molecule has 8 heteroatoms. The molecule has 0 radical (unpaired) electrons. The number of hydrogen-bond acceptors (Lipinski definition) is 4. The maximum absolute atomic E-state index is 13.0. The molecular weight excluding hydrogens is 400 g/mol. The van der Waals surface area contributed by atoms with E-state index in [1.165, 1.54) is 4.31 Å². The standard InChI is InChI=1S/C22H24N4O3S/c1-17-8-9-21(14-18(17)2)30(28,29)25-12-10-24(11-13-25)22(27)19-15-23-26(16-19)20-6-4-3-5-7-20/h3-9,14-16H,10-13H2,1-2H3. The fraction of sp³-hybridized carbons (Fsp3) is 0.273. The van der Waals surface area contributed by atoms with Crippen LogP contribution in [-0.2, 0) is 10.0 Å². The largest absolute Gasteiger partial charge is 0.336 e. The van der Waals surface area contributed by atoms with Crippen molar-refractivity contribution in [1.29, 1.82) is 0 Å². The summed E-state index contributed by atoms with van der Waals surface area (Å²) in [6, 6.07) is 14.8. The Morgan fingerprint density at radius 1 is 0.933 bits per heavy atom. The van der Waals surface area contributed by atoms with Crippen LogP contribution in [0.3, 0.4) is 0 Å². The molecular formula is C22H24N4O3S. The third kappa shape index (κ3) is 3.88. The zero-order chi connectivity index (χ0) is 21.3. The highest BCUT2D eigenvalue weighted by molar-refractivity contribution is 7.89. The first-order valence-electron chi connectivity index (χ1n) is 9.83. The Labute approximate surface area is 176 Å². The molecule has 4 rings (SSSR count). The summed E-state index contributed by atoms with van der Waals surface area (Å²) < 4.78 is 29.0. The molecule has 7 nitrogen and oxygen atoms in total. The van der Waals surface area contributed by atoms with Gasteiger partial charge >= 0.3 is 0 Å². The Kier molecular flexibility index (Phi) is 5.44. The van der Waals surface area contributed by atoms with Gasteiger partial charge in [0.2, 0.25) is 10.0 Å². The van der Waals surface area contributed by atoms with E-state index in [1.807, 2.05) is 50.2 Å². The third-order valence-electron chi connectivity index (χ3n) is 5.49. The smallest absolute Gasteiger partial charge is 0.257 e. The van der Waals surface area contributed by atoms with Crippen LogP contribution in [0.4, 0.5) is 0 Å². The summed E-state index contributed by atoms with van der Waals surface area (Å²) in [5.74, 6) is -0.139. The SMILES string of the molecule is Cc1ccc(S(=O)(=O)N2CCN(C(=O)c3cnn(-c4ccccc4)c3)CC2)cc1C. The lowest BCUT2D eigenvalue weighted by Crippen LogP contribution is -2.50. The molecule has 3 aromatic rings. The van der Waals surface area contributed by atoms with Gasteiger partial charge in [0.05, 0.1) is 22.3 Å². The minimum atomic E-state index is -3.57. The fourth-order valence-electron chi connectivity index (χ4n) is 3.49. The summed E-state index contributed by atoms with van der Waals surface area (Å²) >= 11 is 0. The summed E-state index contributed by atoms with van der Waals surface area (Å²) in [6.07, 6.45) is 3.25. The van der Waals surface area contributed by atoms with E-state index in [0.29, 0.717) is 23.5 Å². The number of amides is 1. The first-order chi connectivity index (χ1) is 14.4. The number of hydrogen-bond donors (Lipinski definition) is 0. The molecule has 30 heavy (non-hydrogen) atoms. The molecule has 2 aromatic carbocycles. The van der Waals surface area contributed by atoms with Gasteiger partial charge in [0.15, 0.2) is 0 Å². The number of piperazine rings is 1. The lowest BCUT2D eigenvalue weighted by atomic mass is 10.1. The molecule has 1 aromatic heterocycles. The molecule has 0 unspecified atom stereocenters. The molecule has 1 saturated heterocycles. The number of carbonyl (C=O) groups excluding carboxylic acids is 1. The van der Waals surface area contributed by atoms with Gasteiger partial charge in [-0.2, -0.15) is 9.40 Å². The normalized spacial score (nSPS) is 15.3. The number of sulfonamides is 1. The van der Waals surface area contributed by atoms with E-state index in [-0.39, 0.29) is 19.0 Å². The third-order valence-corrected chi connectivity index (χ3v) is 7.39. The molecule has 1 amide bonds. The molecule has 1 aliphatic rings. The fourth-order valence-corrected chi connectivity index (χ4v) is 5.00. The van der Waals surface area contributed by atoms with Crippen LogP contribution in [0, 0.1) is 13.8 Å². The zero-order valence-corrected chi connectivity index (χ0v) is 17.8. The van der Waals surface area contributed by atoms with Crippen molar-refractivity contribution in [2.24, 2.45) is 0 Å². The molecule has 156 valence electrons. The van der Waals surface area contributed by atoms with Crippen LogP contribution in [0.15, 0.2) is 65.8 Å². The van der Waals surface area contributed by atoms with Gasteiger partial charge < -0.3 is 4.90 Å². The highest BCUT2D eigenvalue weighted by atomic mass is 32.2. The number of nitrogens with zero attached hydrogens (tertiary/aromatic N) is 4. The van der Waals surface area contributed by atoms with Crippen molar-refractivity contribution in [3.05, 3.63) is 77.6 Å². The Hall–Kier alpha value is -2.97. The summed E-state index contributed by atoms with van der Waals surface area (Å²) in [5.41, 5.74) is 3.37. The number of aromatic nitrogens is 2.